The van der Waals surface area contributed by atoms with E-state index >= 15 is 0 Å². The van der Waals surface area contributed by atoms with E-state index in [1.807, 2.05) is 12.1 Å². The first-order valence-electron chi connectivity index (χ1n) is 7.60. The maximum absolute atomic E-state index is 12.7. The number of fused-ring (bicyclic) bond motifs is 2. The molecule has 0 unspecified atom stereocenters. The minimum atomic E-state index is -0.376. The normalized spacial score (nSPS) is 29.8. The van der Waals surface area contributed by atoms with Crippen molar-refractivity contribution in [2.75, 3.05) is 32.9 Å². The van der Waals surface area contributed by atoms with Crippen LogP contribution in [0.2, 0.25) is 0 Å². The number of rotatable bonds is 3. The van der Waals surface area contributed by atoms with Crippen molar-refractivity contribution in [1.29, 1.82) is 0 Å². The highest BCUT2D eigenvalue weighted by molar-refractivity contribution is 5.84. The molecule has 5 nitrogen and oxygen atoms in total. The molecule has 5 heteroatoms. The van der Waals surface area contributed by atoms with Gasteiger partial charge >= 0.3 is 0 Å². The molecule has 0 spiro atoms. The van der Waals surface area contributed by atoms with Crippen LogP contribution in [-0.4, -0.2) is 38.8 Å². The third kappa shape index (κ3) is 2.03. The lowest BCUT2D eigenvalue weighted by Crippen LogP contribution is -2.46. The van der Waals surface area contributed by atoms with Crippen LogP contribution in [0.15, 0.2) is 18.2 Å². The fourth-order valence-corrected chi connectivity index (χ4v) is 3.69. The molecule has 0 aliphatic carbocycles. The first-order valence-corrected chi connectivity index (χ1v) is 7.60. The Hall–Kier alpha value is -1.59. The quantitative estimate of drug-likeness (QED) is 0.849. The third-order valence-electron chi connectivity index (χ3n) is 4.98. The molecule has 0 aromatic heterocycles. The van der Waals surface area contributed by atoms with E-state index in [2.05, 4.69) is 16.7 Å². The van der Waals surface area contributed by atoms with Gasteiger partial charge in [0.15, 0.2) is 0 Å². The average Bonchev–Trinajstić information content (AvgIpc) is 3.18. The summed E-state index contributed by atoms with van der Waals surface area (Å²) in [6.07, 6.45) is 0.959. The molecule has 3 aliphatic heterocycles. The summed E-state index contributed by atoms with van der Waals surface area (Å²) in [5.74, 6) is 1.36. The van der Waals surface area contributed by atoms with Crippen molar-refractivity contribution in [3.8, 4) is 5.75 Å². The van der Waals surface area contributed by atoms with Crippen LogP contribution in [0, 0.1) is 11.3 Å². The molecule has 21 heavy (non-hydrogen) atoms. The van der Waals surface area contributed by atoms with Crippen molar-refractivity contribution < 1.29 is 14.3 Å². The van der Waals surface area contributed by atoms with Crippen LogP contribution in [0.5, 0.6) is 5.75 Å². The zero-order valence-corrected chi connectivity index (χ0v) is 12.0. The fraction of sp³-hybridized carbons (Fsp3) is 0.562. The molecule has 0 radical (unpaired) electrons. The Kier molecular flexibility index (Phi) is 3.12. The number of benzene rings is 1. The van der Waals surface area contributed by atoms with Crippen LogP contribution < -0.4 is 15.4 Å². The van der Waals surface area contributed by atoms with Crippen molar-refractivity contribution in [1.82, 2.24) is 10.6 Å². The van der Waals surface area contributed by atoms with Crippen LogP contribution in [0.4, 0.5) is 0 Å². The second kappa shape index (κ2) is 5.00. The summed E-state index contributed by atoms with van der Waals surface area (Å²) in [6.45, 7) is 4.06. The number of ether oxygens (including phenoxy) is 2. The highest BCUT2D eigenvalue weighted by Gasteiger charge is 2.52. The number of hydrogen-bond donors (Lipinski definition) is 2. The van der Waals surface area contributed by atoms with E-state index in [4.69, 9.17) is 9.47 Å². The zero-order chi connectivity index (χ0) is 14.3. The van der Waals surface area contributed by atoms with Crippen LogP contribution in [0.3, 0.4) is 0 Å². The van der Waals surface area contributed by atoms with Gasteiger partial charge in [-0.15, -0.1) is 0 Å². The molecule has 2 fully saturated rings. The molecule has 0 bridgehead atoms. The molecule has 3 aliphatic rings. The second-order valence-electron chi connectivity index (χ2n) is 6.19. The summed E-state index contributed by atoms with van der Waals surface area (Å²) < 4.78 is 11.2. The van der Waals surface area contributed by atoms with Gasteiger partial charge in [0.2, 0.25) is 5.91 Å². The standard InChI is InChI=1S/C16H20N2O3/c19-15(16-9-17-7-13(16)8-20-10-16)18-6-12-3-1-2-11-4-5-21-14(11)12/h1-3,13,17H,4-10H2,(H,18,19)/t13-,16-/m0/s1. The van der Waals surface area contributed by atoms with Crippen LogP contribution >= 0.6 is 0 Å². The number of carbonyl (C=O) groups excluding carboxylic acids is 1. The van der Waals surface area contributed by atoms with Crippen molar-refractivity contribution in [3.05, 3.63) is 29.3 Å². The van der Waals surface area contributed by atoms with Crippen molar-refractivity contribution in [3.63, 3.8) is 0 Å². The minimum absolute atomic E-state index is 0.102. The molecule has 1 amide bonds. The molecule has 0 saturated carbocycles. The molecular weight excluding hydrogens is 268 g/mol. The van der Waals surface area contributed by atoms with E-state index in [0.29, 0.717) is 32.2 Å². The molecule has 2 N–H and O–H groups in total. The van der Waals surface area contributed by atoms with Gasteiger partial charge in [0.25, 0.3) is 0 Å². The van der Waals surface area contributed by atoms with E-state index in [9.17, 15) is 4.79 Å². The van der Waals surface area contributed by atoms with Crippen LogP contribution in [0.1, 0.15) is 11.1 Å². The van der Waals surface area contributed by atoms with Crippen molar-refractivity contribution >= 4 is 5.91 Å². The van der Waals surface area contributed by atoms with Crippen molar-refractivity contribution in [2.24, 2.45) is 11.3 Å². The Morgan fingerprint density at radius 2 is 2.43 bits per heavy atom. The lowest BCUT2D eigenvalue weighted by molar-refractivity contribution is -0.131. The predicted octanol–water partition coefficient (Wildman–Crippen LogP) is 0.474. The van der Waals surface area contributed by atoms with E-state index < -0.39 is 0 Å². The molecule has 1 aromatic rings. The summed E-state index contributed by atoms with van der Waals surface area (Å²) in [6, 6.07) is 6.15. The minimum Gasteiger partial charge on any atom is -0.493 e. The first kappa shape index (κ1) is 13.1. The summed E-state index contributed by atoms with van der Waals surface area (Å²) in [4.78, 5) is 12.7. The monoisotopic (exact) mass is 288 g/mol. The smallest absolute Gasteiger partial charge is 0.230 e. The predicted molar refractivity (Wildman–Crippen MR) is 77.1 cm³/mol. The first-order chi connectivity index (χ1) is 10.3. The fourth-order valence-electron chi connectivity index (χ4n) is 3.69. The average molecular weight is 288 g/mol. The number of para-hydroxylation sites is 1. The van der Waals surface area contributed by atoms with E-state index in [0.717, 1.165) is 30.9 Å². The molecule has 1 aromatic carbocycles. The molecule has 112 valence electrons. The number of hydrogen-bond acceptors (Lipinski definition) is 4. The molecule has 2 atom stereocenters. The Labute approximate surface area is 124 Å². The highest BCUT2D eigenvalue weighted by atomic mass is 16.5. The SMILES string of the molecule is O=C(NCc1cccc2c1OCC2)[C@]12CNC[C@H]1COC2. The van der Waals surface area contributed by atoms with Gasteiger partial charge in [0, 0.05) is 37.5 Å². The molecule has 2 saturated heterocycles. The van der Waals surface area contributed by atoms with E-state index in [-0.39, 0.29) is 11.3 Å². The highest BCUT2D eigenvalue weighted by Crippen LogP contribution is 2.38. The van der Waals surface area contributed by atoms with Gasteiger partial charge in [-0.25, -0.2) is 0 Å². The van der Waals surface area contributed by atoms with Gasteiger partial charge in [0.05, 0.1) is 25.2 Å². The Bertz CT molecular complexity index is 563. The Morgan fingerprint density at radius 1 is 1.48 bits per heavy atom. The lowest BCUT2D eigenvalue weighted by atomic mass is 9.80. The molecule has 3 heterocycles. The van der Waals surface area contributed by atoms with Gasteiger partial charge in [-0.2, -0.15) is 0 Å². The number of carbonyl (C=O) groups is 1. The van der Waals surface area contributed by atoms with Crippen LogP contribution in [-0.2, 0) is 22.5 Å². The zero-order valence-electron chi connectivity index (χ0n) is 12.0. The van der Waals surface area contributed by atoms with Gasteiger partial charge < -0.3 is 20.1 Å². The third-order valence-corrected chi connectivity index (χ3v) is 4.98. The maximum atomic E-state index is 12.7. The molecule has 4 rings (SSSR count). The van der Waals surface area contributed by atoms with Crippen molar-refractivity contribution in [2.45, 2.75) is 13.0 Å². The molecular formula is C16H20N2O3. The number of amides is 1. The summed E-state index contributed by atoms with van der Waals surface area (Å²) in [5, 5.41) is 6.41. The van der Waals surface area contributed by atoms with E-state index in [1.165, 1.54) is 5.56 Å². The van der Waals surface area contributed by atoms with Gasteiger partial charge in [0.1, 0.15) is 5.75 Å². The number of nitrogens with one attached hydrogen (secondary N) is 2. The largest absolute Gasteiger partial charge is 0.493 e. The van der Waals surface area contributed by atoms with Gasteiger partial charge in [-0.05, 0) is 5.56 Å². The lowest BCUT2D eigenvalue weighted by Gasteiger charge is -2.25. The van der Waals surface area contributed by atoms with Crippen LogP contribution in [0.25, 0.3) is 0 Å². The van der Waals surface area contributed by atoms with E-state index in [1.54, 1.807) is 0 Å². The van der Waals surface area contributed by atoms with Gasteiger partial charge in [-0.1, -0.05) is 18.2 Å². The maximum Gasteiger partial charge on any atom is 0.230 e. The Balaban J connectivity index is 1.48. The summed E-state index contributed by atoms with van der Waals surface area (Å²) >= 11 is 0. The topological polar surface area (TPSA) is 59.6 Å². The second-order valence-corrected chi connectivity index (χ2v) is 6.19. The summed E-state index contributed by atoms with van der Waals surface area (Å²) in [5.41, 5.74) is 1.93. The van der Waals surface area contributed by atoms with Gasteiger partial charge in [-0.3, -0.25) is 4.79 Å². The summed E-state index contributed by atoms with van der Waals surface area (Å²) in [7, 11) is 0. The Morgan fingerprint density at radius 3 is 3.38 bits per heavy atom.